The van der Waals surface area contributed by atoms with Gasteiger partial charge in [0.1, 0.15) is 4.90 Å². The molecule has 0 radical (unpaired) electrons. The third kappa shape index (κ3) is 3.18. The van der Waals surface area contributed by atoms with E-state index in [4.69, 9.17) is 11.6 Å². The zero-order valence-corrected chi connectivity index (χ0v) is 14.7. The van der Waals surface area contributed by atoms with Gasteiger partial charge in [-0.05, 0) is 35.4 Å². The molecule has 0 saturated carbocycles. The third-order valence-corrected chi connectivity index (χ3v) is 5.81. The van der Waals surface area contributed by atoms with Gasteiger partial charge in [-0.1, -0.05) is 54.1 Å². The van der Waals surface area contributed by atoms with E-state index < -0.39 is 16.0 Å². The first-order chi connectivity index (χ1) is 11.8. The summed E-state index contributed by atoms with van der Waals surface area (Å²) in [7, 11) is -4.04. The number of carbonyl (C=O) groups is 1. The maximum Gasteiger partial charge on any atom is 0.338 e. The fourth-order valence-electron chi connectivity index (χ4n) is 2.74. The fourth-order valence-corrected chi connectivity index (χ4v) is 4.64. The summed E-state index contributed by atoms with van der Waals surface area (Å²) < 4.78 is 27.9. The van der Waals surface area contributed by atoms with E-state index in [0.29, 0.717) is 16.3 Å². The topological polar surface area (TPSA) is 83.5 Å². The molecule has 0 fully saturated rings. The molecule has 2 N–H and O–H groups in total. The van der Waals surface area contributed by atoms with Crippen LogP contribution in [0.15, 0.2) is 59.5 Å². The van der Waals surface area contributed by atoms with Crippen LogP contribution in [0.4, 0.5) is 5.69 Å². The van der Waals surface area contributed by atoms with Gasteiger partial charge in [0.25, 0.3) is 10.0 Å². The summed E-state index contributed by atoms with van der Waals surface area (Å²) in [6.45, 7) is 1.62. The molecule has 128 valence electrons. The number of aromatic carboxylic acids is 1. The van der Waals surface area contributed by atoms with Crippen molar-refractivity contribution in [2.75, 3.05) is 4.72 Å². The number of anilines is 1. The zero-order chi connectivity index (χ0) is 18.2. The zero-order valence-electron chi connectivity index (χ0n) is 13.2. The van der Waals surface area contributed by atoms with E-state index in [1.165, 1.54) is 12.1 Å². The molecule has 0 amide bonds. The van der Waals surface area contributed by atoms with Crippen LogP contribution < -0.4 is 4.72 Å². The van der Waals surface area contributed by atoms with E-state index in [9.17, 15) is 18.3 Å². The lowest BCUT2D eigenvalue weighted by molar-refractivity contribution is 0.0700. The summed E-state index contributed by atoms with van der Waals surface area (Å²) in [5, 5.41) is 10.8. The molecule has 0 heterocycles. The Balaban J connectivity index is 2.18. The highest BCUT2D eigenvalue weighted by atomic mass is 35.5. The van der Waals surface area contributed by atoms with E-state index in [-0.39, 0.29) is 21.2 Å². The van der Waals surface area contributed by atoms with Crippen LogP contribution in [0.2, 0.25) is 5.02 Å². The molecule has 0 aliphatic heterocycles. The van der Waals surface area contributed by atoms with Crippen molar-refractivity contribution in [3.8, 4) is 0 Å². The Morgan fingerprint density at radius 2 is 1.76 bits per heavy atom. The number of hydrogen-bond donors (Lipinski definition) is 2. The van der Waals surface area contributed by atoms with Crippen LogP contribution in [0.3, 0.4) is 0 Å². The number of aryl methyl sites for hydroxylation is 1. The van der Waals surface area contributed by atoms with Crippen LogP contribution in [0.1, 0.15) is 15.9 Å². The smallest absolute Gasteiger partial charge is 0.338 e. The van der Waals surface area contributed by atoms with Gasteiger partial charge in [-0.25, -0.2) is 13.2 Å². The standard InChI is InChI=1S/C18H14ClNO4S/c1-11-5-4-8-14(19)17(11)25(23,24)20-15-10-9-12-6-2-3-7-13(12)16(15)18(21)22/h2-10,20H,1H3,(H,21,22). The highest BCUT2D eigenvalue weighted by Gasteiger charge is 2.24. The number of rotatable bonds is 4. The van der Waals surface area contributed by atoms with Crippen LogP contribution in [-0.2, 0) is 10.0 Å². The van der Waals surface area contributed by atoms with Crippen molar-refractivity contribution in [1.29, 1.82) is 0 Å². The van der Waals surface area contributed by atoms with Gasteiger partial charge in [0, 0.05) is 0 Å². The van der Waals surface area contributed by atoms with Gasteiger partial charge in [0.2, 0.25) is 0 Å². The predicted molar refractivity (Wildman–Crippen MR) is 97.9 cm³/mol. The Labute approximate surface area is 149 Å². The van der Waals surface area contributed by atoms with Crippen LogP contribution in [0.25, 0.3) is 10.8 Å². The van der Waals surface area contributed by atoms with Gasteiger partial charge in [0.15, 0.2) is 0 Å². The lowest BCUT2D eigenvalue weighted by Gasteiger charge is -2.15. The second-order valence-corrected chi connectivity index (χ2v) is 7.53. The van der Waals surface area contributed by atoms with Gasteiger partial charge in [0.05, 0.1) is 16.3 Å². The summed E-state index contributed by atoms with van der Waals surface area (Å²) in [5.74, 6) is -1.22. The molecule has 0 aliphatic carbocycles. The number of nitrogens with one attached hydrogen (secondary N) is 1. The molecule has 7 heteroatoms. The largest absolute Gasteiger partial charge is 0.478 e. The Morgan fingerprint density at radius 1 is 1.04 bits per heavy atom. The maximum atomic E-state index is 12.8. The van der Waals surface area contributed by atoms with Crippen molar-refractivity contribution in [2.45, 2.75) is 11.8 Å². The predicted octanol–water partition coefficient (Wildman–Crippen LogP) is 4.30. The highest BCUT2D eigenvalue weighted by molar-refractivity contribution is 7.93. The van der Waals surface area contributed by atoms with E-state index in [1.54, 1.807) is 49.4 Å². The first-order valence-electron chi connectivity index (χ1n) is 7.34. The molecule has 25 heavy (non-hydrogen) atoms. The normalized spacial score (nSPS) is 11.4. The van der Waals surface area contributed by atoms with Crippen LogP contribution in [0.5, 0.6) is 0 Å². The Bertz CT molecular complexity index is 1070. The summed E-state index contributed by atoms with van der Waals surface area (Å²) in [4.78, 5) is 11.7. The minimum Gasteiger partial charge on any atom is -0.478 e. The van der Waals surface area contributed by atoms with Gasteiger partial charge in [-0.3, -0.25) is 4.72 Å². The summed E-state index contributed by atoms with van der Waals surface area (Å²) in [5.41, 5.74) is 0.356. The number of benzene rings is 3. The Morgan fingerprint density at radius 3 is 2.44 bits per heavy atom. The minimum atomic E-state index is -4.04. The molecule has 5 nitrogen and oxygen atoms in total. The van der Waals surface area contributed by atoms with E-state index in [2.05, 4.69) is 4.72 Å². The molecule has 0 aliphatic rings. The summed E-state index contributed by atoms with van der Waals surface area (Å²) in [6, 6.07) is 14.7. The number of carboxylic acids is 1. The molecule has 0 saturated heterocycles. The lowest BCUT2D eigenvalue weighted by Crippen LogP contribution is -2.17. The molecule has 0 spiro atoms. The van der Waals surface area contributed by atoms with Gasteiger partial charge >= 0.3 is 5.97 Å². The second kappa shape index (κ2) is 6.38. The third-order valence-electron chi connectivity index (χ3n) is 3.82. The van der Waals surface area contributed by atoms with Crippen molar-refractivity contribution in [2.24, 2.45) is 0 Å². The van der Waals surface area contributed by atoms with Gasteiger partial charge < -0.3 is 5.11 Å². The first-order valence-corrected chi connectivity index (χ1v) is 9.20. The van der Waals surface area contributed by atoms with Crippen LogP contribution >= 0.6 is 11.6 Å². The Hall–Kier alpha value is -2.57. The molecule has 3 aromatic carbocycles. The quantitative estimate of drug-likeness (QED) is 0.712. The first kappa shape index (κ1) is 17.3. The molecule has 0 unspecified atom stereocenters. The van der Waals surface area contributed by atoms with Crippen LogP contribution in [-0.4, -0.2) is 19.5 Å². The molecular formula is C18H14ClNO4S. The number of fused-ring (bicyclic) bond motifs is 1. The van der Waals surface area contributed by atoms with Crippen molar-refractivity contribution in [3.63, 3.8) is 0 Å². The highest BCUT2D eigenvalue weighted by Crippen LogP contribution is 2.31. The summed E-state index contributed by atoms with van der Waals surface area (Å²) in [6.07, 6.45) is 0. The Kier molecular flexibility index (Phi) is 4.41. The molecule has 0 bridgehead atoms. The van der Waals surface area contributed by atoms with E-state index >= 15 is 0 Å². The SMILES string of the molecule is Cc1cccc(Cl)c1S(=O)(=O)Nc1ccc2ccccc2c1C(=O)O. The average Bonchev–Trinajstić information content (AvgIpc) is 2.53. The van der Waals surface area contributed by atoms with E-state index in [0.717, 1.165) is 0 Å². The molecule has 0 aromatic heterocycles. The average molecular weight is 376 g/mol. The van der Waals surface area contributed by atoms with E-state index in [1.807, 2.05) is 0 Å². The van der Waals surface area contributed by atoms with Crippen molar-refractivity contribution in [1.82, 2.24) is 0 Å². The van der Waals surface area contributed by atoms with Crippen LogP contribution in [0, 0.1) is 6.92 Å². The maximum absolute atomic E-state index is 12.8. The fraction of sp³-hybridized carbons (Fsp3) is 0.0556. The number of sulfonamides is 1. The lowest BCUT2D eigenvalue weighted by atomic mass is 10.0. The molecular weight excluding hydrogens is 362 g/mol. The monoisotopic (exact) mass is 375 g/mol. The molecule has 3 aromatic rings. The second-order valence-electron chi connectivity index (χ2n) is 5.51. The molecule has 0 atom stereocenters. The van der Waals surface area contributed by atoms with Gasteiger partial charge in [-0.15, -0.1) is 0 Å². The van der Waals surface area contributed by atoms with Crippen molar-refractivity contribution < 1.29 is 18.3 Å². The number of hydrogen-bond acceptors (Lipinski definition) is 3. The number of carboxylic acid groups (broad SMARTS) is 1. The molecule has 3 rings (SSSR count). The minimum absolute atomic E-state index is 0.00878. The number of halogens is 1. The van der Waals surface area contributed by atoms with Crippen molar-refractivity contribution in [3.05, 3.63) is 70.7 Å². The summed E-state index contributed by atoms with van der Waals surface area (Å²) >= 11 is 6.04. The van der Waals surface area contributed by atoms with Crippen molar-refractivity contribution >= 4 is 44.1 Å². The van der Waals surface area contributed by atoms with Gasteiger partial charge in [-0.2, -0.15) is 0 Å².